The number of piperidine rings is 1. The van der Waals surface area contributed by atoms with Gasteiger partial charge in [-0.25, -0.2) is 4.79 Å². The molecule has 0 spiro atoms. The van der Waals surface area contributed by atoms with E-state index in [-0.39, 0.29) is 18.0 Å². The van der Waals surface area contributed by atoms with E-state index in [1.165, 1.54) is 7.11 Å². The van der Waals surface area contributed by atoms with E-state index in [1.807, 2.05) is 18.7 Å². The zero-order chi connectivity index (χ0) is 20.8. The molecule has 1 heterocycles. The highest BCUT2D eigenvalue weighted by Gasteiger charge is 2.33. The Balaban J connectivity index is 2.06. The number of hydrogen-bond acceptors (Lipinski definition) is 5. The maximum atomic E-state index is 12.8. The lowest BCUT2D eigenvalue weighted by Gasteiger charge is -2.40. The van der Waals surface area contributed by atoms with Crippen LogP contribution in [0.5, 0.6) is 11.5 Å². The van der Waals surface area contributed by atoms with Gasteiger partial charge in [0.25, 0.3) is 5.91 Å². The number of carbonyl (C=O) groups is 2. The highest BCUT2D eigenvalue weighted by Crippen LogP contribution is 2.29. The molecule has 0 aliphatic carbocycles. The maximum Gasteiger partial charge on any atom is 0.339 e. The highest BCUT2D eigenvalue weighted by atomic mass is 16.5. The maximum absolute atomic E-state index is 12.8. The van der Waals surface area contributed by atoms with E-state index in [4.69, 9.17) is 14.2 Å². The molecule has 0 N–H and O–H groups in total. The summed E-state index contributed by atoms with van der Waals surface area (Å²) in [6.45, 7) is 10.4. The summed E-state index contributed by atoms with van der Waals surface area (Å²) in [5.41, 5.74) is 0.327. The Labute approximate surface area is 168 Å². The van der Waals surface area contributed by atoms with Gasteiger partial charge < -0.3 is 19.1 Å². The van der Waals surface area contributed by atoms with E-state index in [1.54, 1.807) is 25.1 Å². The van der Waals surface area contributed by atoms with Gasteiger partial charge in [-0.15, -0.1) is 0 Å². The Morgan fingerprint density at radius 1 is 1.11 bits per heavy atom. The molecule has 3 atom stereocenters. The van der Waals surface area contributed by atoms with Crippen molar-refractivity contribution in [2.24, 2.45) is 5.92 Å². The lowest BCUT2D eigenvalue weighted by atomic mass is 9.97. The van der Waals surface area contributed by atoms with E-state index in [9.17, 15) is 9.59 Å². The van der Waals surface area contributed by atoms with Crippen LogP contribution in [0.25, 0.3) is 0 Å². The molecule has 0 unspecified atom stereocenters. The number of ether oxygens (including phenoxy) is 3. The molecule has 1 fully saturated rings. The van der Waals surface area contributed by atoms with Crippen molar-refractivity contribution in [3.63, 3.8) is 0 Å². The van der Waals surface area contributed by atoms with Crippen LogP contribution in [0.4, 0.5) is 0 Å². The minimum atomic E-state index is -0.835. The Bertz CT molecular complexity index is 678. The largest absolute Gasteiger partial charge is 0.493 e. The van der Waals surface area contributed by atoms with Crippen LogP contribution in [-0.2, 0) is 9.53 Å². The predicted octanol–water partition coefficient (Wildman–Crippen LogP) is 4.06. The van der Waals surface area contributed by atoms with Crippen molar-refractivity contribution in [2.75, 3.05) is 13.7 Å². The molecule has 156 valence electrons. The van der Waals surface area contributed by atoms with Gasteiger partial charge in [0.1, 0.15) is 0 Å². The third kappa shape index (κ3) is 5.40. The average molecular weight is 392 g/mol. The van der Waals surface area contributed by atoms with Gasteiger partial charge in [-0.1, -0.05) is 13.8 Å². The fourth-order valence-electron chi connectivity index (χ4n) is 3.51. The topological polar surface area (TPSA) is 65.1 Å². The number of hydrogen-bond donors (Lipinski definition) is 0. The number of nitrogens with zero attached hydrogens (tertiary/aromatic N) is 1. The second-order valence-corrected chi connectivity index (χ2v) is 7.99. The summed E-state index contributed by atoms with van der Waals surface area (Å²) in [6.07, 6.45) is 2.24. The first-order valence-electron chi connectivity index (χ1n) is 10.1. The first-order valence-corrected chi connectivity index (χ1v) is 10.1. The molecule has 0 bridgehead atoms. The van der Waals surface area contributed by atoms with E-state index in [0.29, 0.717) is 29.6 Å². The lowest BCUT2D eigenvalue weighted by molar-refractivity contribution is -0.146. The standard InChI is InChI=1S/C22H33NO5/c1-14(2)13-27-19-11-10-18(12-20(19)26-6)22(25)28-17(5)21(24)23-15(3)8-7-9-16(23)4/h10-12,14-17H,7-9,13H2,1-6H3/t15-,16-,17+/m0/s1. The molecule has 1 aliphatic rings. The van der Waals surface area contributed by atoms with Crippen LogP contribution in [0.2, 0.25) is 0 Å². The van der Waals surface area contributed by atoms with Crippen LogP contribution in [0.1, 0.15) is 64.2 Å². The minimum absolute atomic E-state index is 0.142. The smallest absolute Gasteiger partial charge is 0.339 e. The van der Waals surface area contributed by atoms with Gasteiger partial charge in [-0.3, -0.25) is 4.79 Å². The number of methoxy groups -OCH3 is 1. The van der Waals surface area contributed by atoms with Crippen molar-refractivity contribution >= 4 is 11.9 Å². The van der Waals surface area contributed by atoms with Crippen molar-refractivity contribution in [3.8, 4) is 11.5 Å². The Morgan fingerprint density at radius 3 is 2.32 bits per heavy atom. The molecule has 2 rings (SSSR count). The first kappa shape index (κ1) is 22.1. The van der Waals surface area contributed by atoms with Crippen LogP contribution >= 0.6 is 0 Å². The van der Waals surface area contributed by atoms with Crippen LogP contribution in [0, 0.1) is 5.92 Å². The molecule has 1 aromatic rings. The van der Waals surface area contributed by atoms with Gasteiger partial charge in [0.15, 0.2) is 17.6 Å². The Hall–Kier alpha value is -2.24. The number of carbonyl (C=O) groups excluding carboxylic acids is 2. The fourth-order valence-corrected chi connectivity index (χ4v) is 3.51. The van der Waals surface area contributed by atoms with Crippen molar-refractivity contribution in [3.05, 3.63) is 23.8 Å². The molecule has 1 aliphatic heterocycles. The van der Waals surface area contributed by atoms with Gasteiger partial charge in [-0.2, -0.15) is 0 Å². The SMILES string of the molecule is COc1cc(C(=O)O[C@H](C)C(=O)N2[C@@H](C)CCC[C@@H]2C)ccc1OCC(C)C. The van der Waals surface area contributed by atoms with Gasteiger partial charge >= 0.3 is 5.97 Å². The van der Waals surface area contributed by atoms with Gasteiger partial charge in [0.05, 0.1) is 19.3 Å². The number of likely N-dealkylation sites (tertiary alicyclic amines) is 1. The third-order valence-corrected chi connectivity index (χ3v) is 5.05. The zero-order valence-corrected chi connectivity index (χ0v) is 17.9. The van der Waals surface area contributed by atoms with Crippen molar-refractivity contribution < 1.29 is 23.8 Å². The zero-order valence-electron chi connectivity index (χ0n) is 17.9. The number of rotatable bonds is 7. The molecule has 0 aromatic heterocycles. The van der Waals surface area contributed by atoms with Crippen LogP contribution in [0.3, 0.4) is 0 Å². The normalized spacial score (nSPS) is 20.6. The molecule has 0 saturated carbocycles. The number of esters is 1. The van der Waals surface area contributed by atoms with Crippen LogP contribution < -0.4 is 9.47 Å². The van der Waals surface area contributed by atoms with E-state index in [0.717, 1.165) is 19.3 Å². The third-order valence-electron chi connectivity index (χ3n) is 5.05. The number of benzene rings is 1. The Morgan fingerprint density at radius 2 is 1.75 bits per heavy atom. The lowest BCUT2D eigenvalue weighted by Crippen LogP contribution is -2.51. The average Bonchev–Trinajstić information content (AvgIpc) is 2.65. The second-order valence-electron chi connectivity index (χ2n) is 7.99. The van der Waals surface area contributed by atoms with Gasteiger partial charge in [0.2, 0.25) is 0 Å². The highest BCUT2D eigenvalue weighted by molar-refractivity contribution is 5.93. The molecule has 6 heteroatoms. The second kappa shape index (κ2) is 9.80. The predicted molar refractivity (Wildman–Crippen MR) is 108 cm³/mol. The van der Waals surface area contributed by atoms with Gasteiger partial charge in [0, 0.05) is 12.1 Å². The summed E-state index contributed by atoms with van der Waals surface area (Å²) >= 11 is 0. The molecule has 1 saturated heterocycles. The quantitative estimate of drug-likeness (QED) is 0.656. The van der Waals surface area contributed by atoms with Gasteiger partial charge in [-0.05, 0) is 64.2 Å². The summed E-state index contributed by atoms with van der Waals surface area (Å²) in [6, 6.07) is 5.23. The number of amides is 1. The van der Waals surface area contributed by atoms with E-state index >= 15 is 0 Å². The van der Waals surface area contributed by atoms with E-state index in [2.05, 4.69) is 13.8 Å². The van der Waals surface area contributed by atoms with E-state index < -0.39 is 12.1 Å². The summed E-state index contributed by atoms with van der Waals surface area (Å²) in [5.74, 6) is 0.727. The molecule has 6 nitrogen and oxygen atoms in total. The molecular weight excluding hydrogens is 358 g/mol. The molecule has 1 amide bonds. The fraction of sp³-hybridized carbons (Fsp3) is 0.636. The first-order chi connectivity index (χ1) is 13.2. The molecular formula is C22H33NO5. The molecule has 0 radical (unpaired) electrons. The van der Waals surface area contributed by atoms with Crippen LogP contribution in [-0.4, -0.2) is 48.7 Å². The van der Waals surface area contributed by atoms with Crippen LogP contribution in [0.15, 0.2) is 18.2 Å². The van der Waals surface area contributed by atoms with Crippen molar-refractivity contribution in [2.45, 2.75) is 72.1 Å². The van der Waals surface area contributed by atoms with Crippen molar-refractivity contribution in [1.82, 2.24) is 4.90 Å². The Kier molecular flexibility index (Phi) is 7.72. The summed E-state index contributed by atoms with van der Waals surface area (Å²) in [4.78, 5) is 27.2. The van der Waals surface area contributed by atoms with Crippen molar-refractivity contribution in [1.29, 1.82) is 0 Å². The molecule has 1 aromatic carbocycles. The summed E-state index contributed by atoms with van der Waals surface area (Å²) < 4.78 is 16.5. The summed E-state index contributed by atoms with van der Waals surface area (Å²) in [5, 5.41) is 0. The summed E-state index contributed by atoms with van der Waals surface area (Å²) in [7, 11) is 1.53. The minimum Gasteiger partial charge on any atom is -0.493 e. The monoisotopic (exact) mass is 391 g/mol. The molecule has 28 heavy (non-hydrogen) atoms.